The third-order valence-corrected chi connectivity index (χ3v) is 2.92. The number of fused-ring (bicyclic) bond motifs is 1. The zero-order valence-corrected chi connectivity index (χ0v) is 10.1. The van der Waals surface area contributed by atoms with Gasteiger partial charge in [0.2, 0.25) is 0 Å². The zero-order valence-electron chi connectivity index (χ0n) is 7.73. The molecule has 0 spiro atoms. The Bertz CT molecular complexity index is 323. The van der Waals surface area contributed by atoms with E-state index in [-0.39, 0.29) is 17.8 Å². The Morgan fingerprint density at radius 2 is 2.08 bits per heavy atom. The van der Waals surface area contributed by atoms with Crippen LogP contribution in [0.4, 0.5) is 5.69 Å². The smallest absolute Gasteiger partial charge is 0.0379 e. The Kier molecular flexibility index (Phi) is 2.93. The highest BCUT2D eigenvalue weighted by Crippen LogP contribution is 2.37. The lowest BCUT2D eigenvalue weighted by molar-refractivity contribution is 0.586. The Labute approximate surface area is 93.5 Å². The van der Waals surface area contributed by atoms with Crippen LogP contribution in [0.2, 0.25) is 0 Å². The molecule has 72 valence electrons. The fourth-order valence-electron chi connectivity index (χ4n) is 1.64. The summed E-state index contributed by atoms with van der Waals surface area (Å²) in [6, 6.07) is 6.41. The summed E-state index contributed by atoms with van der Waals surface area (Å²) in [6.45, 7) is 5.56. The van der Waals surface area contributed by atoms with E-state index in [1.807, 2.05) is 0 Å². The summed E-state index contributed by atoms with van der Waals surface area (Å²) in [6.07, 6.45) is 0. The van der Waals surface area contributed by atoms with E-state index in [1.54, 1.807) is 0 Å². The van der Waals surface area contributed by atoms with Crippen molar-refractivity contribution in [1.29, 1.82) is 0 Å². The standard InChI is InChI=1S/C10H12BrN.ClH/c1-10(2)6-12-9-4-3-7(11)5-8(9)10;/h3-5,12H,6H2,1-2H3;1H. The van der Waals surface area contributed by atoms with Crippen LogP contribution in [0.1, 0.15) is 19.4 Å². The van der Waals surface area contributed by atoms with Gasteiger partial charge in [0.25, 0.3) is 0 Å². The molecular formula is C10H13BrClN. The molecule has 3 heteroatoms. The van der Waals surface area contributed by atoms with E-state index in [9.17, 15) is 0 Å². The van der Waals surface area contributed by atoms with Crippen molar-refractivity contribution in [2.45, 2.75) is 19.3 Å². The first kappa shape index (κ1) is 10.9. The zero-order chi connectivity index (χ0) is 8.77. The lowest BCUT2D eigenvalue weighted by atomic mass is 9.87. The fourth-order valence-corrected chi connectivity index (χ4v) is 2.00. The highest BCUT2D eigenvalue weighted by Gasteiger charge is 2.29. The van der Waals surface area contributed by atoms with Crippen LogP contribution >= 0.6 is 28.3 Å². The molecule has 0 aromatic heterocycles. The molecule has 1 aliphatic rings. The molecule has 0 atom stereocenters. The quantitative estimate of drug-likeness (QED) is 0.754. The minimum Gasteiger partial charge on any atom is -0.384 e. The molecular weight excluding hydrogens is 249 g/mol. The summed E-state index contributed by atoms with van der Waals surface area (Å²) in [4.78, 5) is 0. The van der Waals surface area contributed by atoms with Crippen molar-refractivity contribution in [3.63, 3.8) is 0 Å². The van der Waals surface area contributed by atoms with Gasteiger partial charge in [0, 0.05) is 22.1 Å². The maximum Gasteiger partial charge on any atom is 0.0379 e. The van der Waals surface area contributed by atoms with Gasteiger partial charge in [-0.2, -0.15) is 0 Å². The molecule has 1 aromatic rings. The molecule has 2 rings (SSSR count). The summed E-state index contributed by atoms with van der Waals surface area (Å²) >= 11 is 3.49. The van der Waals surface area contributed by atoms with Crippen molar-refractivity contribution >= 4 is 34.0 Å². The minimum atomic E-state index is 0. The van der Waals surface area contributed by atoms with E-state index in [0.29, 0.717) is 0 Å². The van der Waals surface area contributed by atoms with Crippen LogP contribution in [-0.4, -0.2) is 6.54 Å². The van der Waals surface area contributed by atoms with Gasteiger partial charge in [-0.05, 0) is 23.8 Å². The third-order valence-electron chi connectivity index (χ3n) is 2.43. The van der Waals surface area contributed by atoms with Gasteiger partial charge in [-0.25, -0.2) is 0 Å². The number of halogens is 2. The maximum atomic E-state index is 3.49. The highest BCUT2D eigenvalue weighted by molar-refractivity contribution is 9.10. The SMILES string of the molecule is CC1(C)CNc2ccc(Br)cc21.Cl. The van der Waals surface area contributed by atoms with Crippen molar-refractivity contribution in [2.75, 3.05) is 11.9 Å². The van der Waals surface area contributed by atoms with Crippen LogP contribution in [0.15, 0.2) is 22.7 Å². The van der Waals surface area contributed by atoms with Crippen molar-refractivity contribution in [1.82, 2.24) is 0 Å². The predicted octanol–water partition coefficient (Wildman–Crippen LogP) is 3.57. The van der Waals surface area contributed by atoms with Crippen molar-refractivity contribution in [2.24, 2.45) is 0 Å². The molecule has 1 heterocycles. The average Bonchev–Trinajstić information content (AvgIpc) is 2.28. The largest absolute Gasteiger partial charge is 0.384 e. The summed E-state index contributed by atoms with van der Waals surface area (Å²) in [5, 5.41) is 3.40. The second-order valence-corrected chi connectivity index (χ2v) is 4.84. The number of hydrogen-bond acceptors (Lipinski definition) is 1. The van der Waals surface area contributed by atoms with Gasteiger partial charge < -0.3 is 5.32 Å². The van der Waals surface area contributed by atoms with Crippen LogP contribution < -0.4 is 5.32 Å². The van der Waals surface area contributed by atoms with Crippen LogP contribution in [0.3, 0.4) is 0 Å². The third kappa shape index (κ3) is 1.84. The van der Waals surface area contributed by atoms with Gasteiger partial charge >= 0.3 is 0 Å². The summed E-state index contributed by atoms with van der Waals surface area (Å²) in [7, 11) is 0. The van der Waals surface area contributed by atoms with E-state index in [0.717, 1.165) is 11.0 Å². The molecule has 1 nitrogen and oxygen atoms in total. The Morgan fingerprint density at radius 3 is 2.77 bits per heavy atom. The van der Waals surface area contributed by atoms with Crippen LogP contribution in [0.25, 0.3) is 0 Å². The molecule has 0 saturated carbocycles. The molecule has 0 bridgehead atoms. The lowest BCUT2D eigenvalue weighted by Gasteiger charge is -2.16. The van der Waals surface area contributed by atoms with Gasteiger partial charge in [-0.15, -0.1) is 12.4 Å². The predicted molar refractivity (Wildman–Crippen MR) is 62.9 cm³/mol. The molecule has 1 N–H and O–H groups in total. The molecule has 0 radical (unpaired) electrons. The van der Waals surface area contributed by atoms with E-state index in [1.165, 1.54) is 11.3 Å². The van der Waals surface area contributed by atoms with E-state index >= 15 is 0 Å². The van der Waals surface area contributed by atoms with Gasteiger partial charge in [-0.3, -0.25) is 0 Å². The Balaban J connectivity index is 0.000000845. The van der Waals surface area contributed by atoms with Gasteiger partial charge in [0.05, 0.1) is 0 Å². The molecule has 13 heavy (non-hydrogen) atoms. The fraction of sp³-hybridized carbons (Fsp3) is 0.400. The monoisotopic (exact) mass is 261 g/mol. The molecule has 1 aromatic carbocycles. The Hall–Kier alpha value is -0.210. The van der Waals surface area contributed by atoms with E-state index in [2.05, 4.69) is 53.3 Å². The molecule has 1 aliphatic heterocycles. The normalized spacial score (nSPS) is 17.2. The van der Waals surface area contributed by atoms with Crippen molar-refractivity contribution in [3.05, 3.63) is 28.2 Å². The molecule has 0 amide bonds. The lowest BCUT2D eigenvalue weighted by Crippen LogP contribution is -2.18. The number of benzene rings is 1. The number of hydrogen-bond donors (Lipinski definition) is 1. The summed E-state index contributed by atoms with van der Waals surface area (Å²) < 4.78 is 1.16. The maximum absolute atomic E-state index is 3.49. The summed E-state index contributed by atoms with van der Waals surface area (Å²) in [5.74, 6) is 0. The molecule has 0 fully saturated rings. The number of nitrogens with one attached hydrogen (secondary N) is 1. The van der Waals surface area contributed by atoms with Crippen LogP contribution in [0.5, 0.6) is 0 Å². The number of rotatable bonds is 0. The summed E-state index contributed by atoms with van der Waals surface area (Å²) in [5.41, 5.74) is 2.97. The first-order chi connectivity index (χ1) is 5.59. The molecule has 0 saturated heterocycles. The first-order valence-electron chi connectivity index (χ1n) is 4.13. The molecule has 0 aliphatic carbocycles. The highest BCUT2D eigenvalue weighted by atomic mass is 79.9. The second kappa shape index (κ2) is 3.50. The van der Waals surface area contributed by atoms with Gasteiger partial charge in [0.15, 0.2) is 0 Å². The molecule has 0 unspecified atom stereocenters. The van der Waals surface area contributed by atoms with Crippen LogP contribution in [-0.2, 0) is 5.41 Å². The van der Waals surface area contributed by atoms with Crippen molar-refractivity contribution < 1.29 is 0 Å². The topological polar surface area (TPSA) is 12.0 Å². The van der Waals surface area contributed by atoms with E-state index < -0.39 is 0 Å². The first-order valence-corrected chi connectivity index (χ1v) is 4.93. The minimum absolute atomic E-state index is 0. The van der Waals surface area contributed by atoms with E-state index in [4.69, 9.17) is 0 Å². The van der Waals surface area contributed by atoms with Gasteiger partial charge in [0.1, 0.15) is 0 Å². The van der Waals surface area contributed by atoms with Crippen LogP contribution in [0, 0.1) is 0 Å². The Morgan fingerprint density at radius 1 is 1.38 bits per heavy atom. The van der Waals surface area contributed by atoms with Crippen molar-refractivity contribution in [3.8, 4) is 0 Å². The average molecular weight is 263 g/mol. The van der Waals surface area contributed by atoms with Gasteiger partial charge in [-0.1, -0.05) is 29.8 Å². The number of anilines is 1. The second-order valence-electron chi connectivity index (χ2n) is 3.93.